The largest absolute Gasteiger partial charge is 0.484 e. The number of ether oxygens (including phenoxy) is 1. The number of amides is 1. The third kappa shape index (κ3) is 8.37. The first-order valence-electron chi connectivity index (χ1n) is 7.85. The lowest BCUT2D eigenvalue weighted by atomic mass is 10.2. The minimum atomic E-state index is -0.0633. The van der Waals surface area contributed by atoms with E-state index in [1.54, 1.807) is 21.1 Å². The van der Waals surface area contributed by atoms with E-state index in [9.17, 15) is 4.79 Å². The lowest BCUT2D eigenvalue weighted by Crippen LogP contribution is -2.41. The van der Waals surface area contributed by atoms with Gasteiger partial charge < -0.3 is 20.3 Å². The number of likely N-dealkylation sites (N-methyl/N-ethyl adjacent to an activating group) is 1. The lowest BCUT2D eigenvalue weighted by Gasteiger charge is -2.16. The number of carbonyl (C=O) groups is 1. The van der Waals surface area contributed by atoms with Gasteiger partial charge in [0.1, 0.15) is 5.75 Å². The van der Waals surface area contributed by atoms with Gasteiger partial charge in [-0.15, -0.1) is 24.0 Å². The molecule has 1 amide bonds. The van der Waals surface area contributed by atoms with Crippen molar-refractivity contribution in [2.75, 3.05) is 27.7 Å². The molecule has 0 bridgehead atoms. The van der Waals surface area contributed by atoms with Crippen LogP contribution in [-0.2, 0) is 11.3 Å². The maximum atomic E-state index is 11.6. The summed E-state index contributed by atoms with van der Waals surface area (Å²) in [6.07, 6.45) is 1.03. The summed E-state index contributed by atoms with van der Waals surface area (Å²) in [4.78, 5) is 17.3. The molecular formula is C17H29IN4O2. The molecule has 6 nitrogen and oxygen atoms in total. The molecule has 24 heavy (non-hydrogen) atoms. The summed E-state index contributed by atoms with van der Waals surface area (Å²) in [7, 11) is 5.17. The average Bonchev–Trinajstić information content (AvgIpc) is 2.56. The smallest absolute Gasteiger partial charge is 0.259 e. The lowest BCUT2D eigenvalue weighted by molar-refractivity contribution is -0.130. The van der Waals surface area contributed by atoms with Crippen LogP contribution in [0.1, 0.15) is 25.8 Å². The standard InChI is InChI=1S/C17H28N4O2.HI/c1-6-13(2)20-17(18-3)19-11-14-8-7-9-15(10-14)23-12-16(22)21(4)5;/h7-10,13H,6,11-12H2,1-5H3,(H2,18,19,20);1H. The summed E-state index contributed by atoms with van der Waals surface area (Å²) >= 11 is 0. The third-order valence-corrected chi connectivity index (χ3v) is 3.44. The summed E-state index contributed by atoms with van der Waals surface area (Å²) in [5.74, 6) is 1.39. The van der Waals surface area contributed by atoms with Crippen molar-refractivity contribution in [3.8, 4) is 5.75 Å². The second kappa shape index (κ2) is 11.9. The van der Waals surface area contributed by atoms with Crippen LogP contribution in [0.3, 0.4) is 0 Å². The van der Waals surface area contributed by atoms with Crippen LogP contribution in [0.15, 0.2) is 29.3 Å². The number of halogens is 1. The van der Waals surface area contributed by atoms with Gasteiger partial charge in [0.15, 0.2) is 12.6 Å². The molecule has 0 aliphatic carbocycles. The summed E-state index contributed by atoms with van der Waals surface area (Å²) in [6.45, 7) is 4.92. The maximum Gasteiger partial charge on any atom is 0.259 e. The zero-order chi connectivity index (χ0) is 17.2. The Hall–Kier alpha value is -1.51. The molecular weight excluding hydrogens is 419 g/mol. The van der Waals surface area contributed by atoms with Gasteiger partial charge in [0.25, 0.3) is 5.91 Å². The highest BCUT2D eigenvalue weighted by molar-refractivity contribution is 14.0. The number of nitrogens with one attached hydrogen (secondary N) is 2. The van der Waals surface area contributed by atoms with Crippen molar-refractivity contribution in [3.05, 3.63) is 29.8 Å². The minimum absolute atomic E-state index is 0. The first-order valence-corrected chi connectivity index (χ1v) is 7.85. The van der Waals surface area contributed by atoms with Crippen LogP contribution in [0.4, 0.5) is 0 Å². The Balaban J connectivity index is 0.00000529. The van der Waals surface area contributed by atoms with E-state index in [0.717, 1.165) is 17.9 Å². The molecule has 7 heteroatoms. The maximum absolute atomic E-state index is 11.6. The molecule has 0 spiro atoms. The van der Waals surface area contributed by atoms with E-state index in [4.69, 9.17) is 4.74 Å². The molecule has 0 aliphatic heterocycles. The highest BCUT2D eigenvalue weighted by Gasteiger charge is 2.06. The number of hydrogen-bond acceptors (Lipinski definition) is 3. The Labute approximate surface area is 162 Å². The Morgan fingerprint density at radius 3 is 2.67 bits per heavy atom. The number of hydrogen-bond donors (Lipinski definition) is 2. The zero-order valence-electron chi connectivity index (χ0n) is 15.1. The zero-order valence-corrected chi connectivity index (χ0v) is 17.5. The van der Waals surface area contributed by atoms with Crippen LogP contribution in [0, 0.1) is 0 Å². The Morgan fingerprint density at radius 2 is 2.08 bits per heavy atom. The molecule has 2 N–H and O–H groups in total. The van der Waals surface area contributed by atoms with E-state index in [2.05, 4.69) is 29.5 Å². The number of carbonyl (C=O) groups excluding carboxylic acids is 1. The van der Waals surface area contributed by atoms with E-state index in [1.165, 1.54) is 4.90 Å². The molecule has 1 aromatic carbocycles. The van der Waals surface area contributed by atoms with E-state index in [-0.39, 0.29) is 36.5 Å². The fourth-order valence-corrected chi connectivity index (χ4v) is 1.74. The molecule has 1 atom stereocenters. The quantitative estimate of drug-likeness (QED) is 0.382. The molecule has 136 valence electrons. The Bertz CT molecular complexity index is 535. The monoisotopic (exact) mass is 448 g/mol. The fraction of sp³-hybridized carbons (Fsp3) is 0.529. The predicted molar refractivity (Wildman–Crippen MR) is 109 cm³/mol. The fourth-order valence-electron chi connectivity index (χ4n) is 1.74. The van der Waals surface area contributed by atoms with Crippen LogP contribution < -0.4 is 15.4 Å². The average molecular weight is 448 g/mol. The van der Waals surface area contributed by atoms with Gasteiger partial charge in [-0.25, -0.2) is 0 Å². The van der Waals surface area contributed by atoms with Gasteiger partial charge in [0.05, 0.1) is 0 Å². The van der Waals surface area contributed by atoms with E-state index in [1.807, 2.05) is 24.3 Å². The van der Waals surface area contributed by atoms with Crippen LogP contribution in [-0.4, -0.2) is 50.6 Å². The minimum Gasteiger partial charge on any atom is -0.484 e. The van der Waals surface area contributed by atoms with Crippen molar-refractivity contribution < 1.29 is 9.53 Å². The second-order valence-electron chi connectivity index (χ2n) is 5.60. The van der Waals surface area contributed by atoms with Gasteiger partial charge in [-0.3, -0.25) is 9.79 Å². The highest BCUT2D eigenvalue weighted by Crippen LogP contribution is 2.13. The molecule has 1 rings (SSSR count). The number of guanidine groups is 1. The molecule has 0 aliphatic rings. The summed E-state index contributed by atoms with van der Waals surface area (Å²) < 4.78 is 5.52. The molecule has 0 fully saturated rings. The van der Waals surface area contributed by atoms with Crippen molar-refractivity contribution in [3.63, 3.8) is 0 Å². The summed E-state index contributed by atoms with van der Waals surface area (Å²) in [5.41, 5.74) is 1.06. The van der Waals surface area contributed by atoms with E-state index in [0.29, 0.717) is 18.3 Å². The van der Waals surface area contributed by atoms with Gasteiger partial charge >= 0.3 is 0 Å². The molecule has 1 aromatic rings. The van der Waals surface area contributed by atoms with Gasteiger partial charge in [0.2, 0.25) is 0 Å². The van der Waals surface area contributed by atoms with Gasteiger partial charge in [-0.1, -0.05) is 19.1 Å². The van der Waals surface area contributed by atoms with Crippen LogP contribution in [0.5, 0.6) is 5.75 Å². The van der Waals surface area contributed by atoms with Crippen molar-refractivity contribution >= 4 is 35.8 Å². The topological polar surface area (TPSA) is 66.0 Å². The van der Waals surface area contributed by atoms with Gasteiger partial charge in [-0.2, -0.15) is 0 Å². The normalized spacial score (nSPS) is 12.0. The summed E-state index contributed by atoms with van der Waals surface area (Å²) in [6, 6.07) is 8.06. The van der Waals surface area contributed by atoms with Crippen molar-refractivity contribution in [2.45, 2.75) is 32.9 Å². The van der Waals surface area contributed by atoms with Crippen molar-refractivity contribution in [1.82, 2.24) is 15.5 Å². The molecule has 1 unspecified atom stereocenters. The first-order chi connectivity index (χ1) is 11.0. The third-order valence-electron chi connectivity index (χ3n) is 3.44. The first kappa shape index (κ1) is 22.5. The second-order valence-corrected chi connectivity index (χ2v) is 5.60. The van der Waals surface area contributed by atoms with E-state index < -0.39 is 0 Å². The molecule has 0 heterocycles. The molecule has 0 saturated heterocycles. The van der Waals surface area contributed by atoms with Crippen LogP contribution in [0.2, 0.25) is 0 Å². The molecule has 0 saturated carbocycles. The molecule has 0 aromatic heterocycles. The van der Waals surface area contributed by atoms with E-state index >= 15 is 0 Å². The van der Waals surface area contributed by atoms with Gasteiger partial charge in [-0.05, 0) is 31.0 Å². The molecule has 0 radical (unpaired) electrons. The van der Waals surface area contributed by atoms with Crippen LogP contribution >= 0.6 is 24.0 Å². The number of nitrogens with zero attached hydrogens (tertiary/aromatic N) is 2. The SMILES string of the molecule is CCC(C)NC(=NC)NCc1cccc(OCC(=O)N(C)C)c1.I. The Morgan fingerprint density at radius 1 is 1.38 bits per heavy atom. The Kier molecular flexibility index (Phi) is 11.2. The highest BCUT2D eigenvalue weighted by atomic mass is 127. The number of aliphatic imine (C=N–C) groups is 1. The number of rotatable bonds is 7. The van der Waals surface area contributed by atoms with Gasteiger partial charge in [0, 0.05) is 33.7 Å². The predicted octanol–water partition coefficient (Wildman–Crippen LogP) is 2.24. The number of benzene rings is 1. The van der Waals surface area contributed by atoms with Crippen molar-refractivity contribution in [2.24, 2.45) is 4.99 Å². The van der Waals surface area contributed by atoms with Crippen molar-refractivity contribution in [1.29, 1.82) is 0 Å². The van der Waals surface area contributed by atoms with Crippen LogP contribution in [0.25, 0.3) is 0 Å². The summed E-state index contributed by atoms with van der Waals surface area (Å²) in [5, 5.41) is 6.58.